The van der Waals surface area contributed by atoms with Crippen molar-refractivity contribution in [2.24, 2.45) is 0 Å². The normalized spacial score (nSPS) is 17.1. The number of imide groups is 1. The van der Waals surface area contributed by atoms with Crippen LogP contribution in [0.1, 0.15) is 34.7 Å². The average Bonchev–Trinajstić information content (AvgIpc) is 2.70. The highest BCUT2D eigenvalue weighted by atomic mass is 32.2. The number of piperazine rings is 1. The molecular weight excluding hydrogens is 392 g/mol. The molecule has 1 aliphatic rings. The molecule has 0 saturated carbocycles. The van der Waals surface area contributed by atoms with Gasteiger partial charge in [-0.1, -0.05) is 0 Å². The van der Waals surface area contributed by atoms with Gasteiger partial charge in [0.2, 0.25) is 15.9 Å². The number of nitrogens with one attached hydrogen (secondary N) is 2. The minimum atomic E-state index is -3.64. The number of carbonyl (C=O) groups excluding carboxylic acids is 2. The van der Waals surface area contributed by atoms with Gasteiger partial charge in [-0.3, -0.25) is 15.0 Å². The topological polar surface area (TPSA) is 98.8 Å². The van der Waals surface area contributed by atoms with Crippen LogP contribution in [-0.2, 0) is 14.8 Å². The summed E-state index contributed by atoms with van der Waals surface area (Å²) in [6, 6.07) is -1.08. The molecule has 2 N–H and O–H groups in total. The van der Waals surface area contributed by atoms with Gasteiger partial charge in [0.1, 0.15) is 0 Å². The molecule has 1 fully saturated rings. The fraction of sp³-hybridized carbons (Fsp3) is 0.600. The fourth-order valence-corrected chi connectivity index (χ4v) is 5.74. The van der Waals surface area contributed by atoms with Crippen molar-refractivity contribution in [3.05, 3.63) is 27.8 Å². The maximum atomic E-state index is 13.4. The smallest absolute Gasteiger partial charge is 0.321 e. The lowest BCUT2D eigenvalue weighted by Crippen LogP contribution is -2.56. The maximum absolute atomic E-state index is 13.4. The first kappa shape index (κ1) is 23.3. The zero-order valence-corrected chi connectivity index (χ0v) is 19.2. The highest BCUT2D eigenvalue weighted by Gasteiger charge is 2.34. The molecule has 0 unspecified atom stereocenters. The molecule has 8 nitrogen and oxygen atoms in total. The van der Waals surface area contributed by atoms with Crippen LogP contribution in [0.5, 0.6) is 0 Å². The number of amides is 3. The minimum Gasteiger partial charge on any atom is -0.341 e. The lowest BCUT2D eigenvalue weighted by Gasteiger charge is -2.37. The van der Waals surface area contributed by atoms with Gasteiger partial charge >= 0.3 is 6.03 Å². The van der Waals surface area contributed by atoms with Crippen LogP contribution in [0.4, 0.5) is 4.79 Å². The van der Waals surface area contributed by atoms with Crippen molar-refractivity contribution in [3.8, 4) is 0 Å². The van der Waals surface area contributed by atoms with E-state index < -0.39 is 28.0 Å². The van der Waals surface area contributed by atoms with Crippen LogP contribution in [0.2, 0.25) is 0 Å². The average molecular weight is 425 g/mol. The minimum absolute atomic E-state index is 0.296. The van der Waals surface area contributed by atoms with Crippen molar-refractivity contribution < 1.29 is 18.0 Å². The van der Waals surface area contributed by atoms with Crippen molar-refractivity contribution in [1.82, 2.24) is 19.8 Å². The van der Waals surface area contributed by atoms with Crippen LogP contribution in [0.15, 0.2) is 4.90 Å². The van der Waals surface area contributed by atoms with E-state index in [1.54, 1.807) is 6.92 Å². The van der Waals surface area contributed by atoms with Crippen LogP contribution in [-0.4, -0.2) is 68.8 Å². The number of sulfonamides is 1. The van der Waals surface area contributed by atoms with E-state index in [1.165, 1.54) is 11.4 Å². The molecule has 0 aromatic heterocycles. The first-order valence-corrected chi connectivity index (χ1v) is 11.2. The molecule has 1 aromatic rings. The molecule has 29 heavy (non-hydrogen) atoms. The SMILES string of the molecule is CNC(=O)NC(=O)[C@H](C)N1CCN(S(=O)(=O)c2c(C)c(C)c(C)c(C)c2C)CC1. The Morgan fingerprint density at radius 1 is 0.862 bits per heavy atom. The third-order valence-corrected chi connectivity index (χ3v) is 8.37. The number of benzene rings is 1. The third-order valence-electron chi connectivity index (χ3n) is 6.19. The molecule has 0 spiro atoms. The zero-order valence-electron chi connectivity index (χ0n) is 18.3. The second kappa shape index (κ2) is 8.81. The predicted molar refractivity (Wildman–Crippen MR) is 113 cm³/mol. The highest BCUT2D eigenvalue weighted by Crippen LogP contribution is 2.32. The number of hydrogen-bond acceptors (Lipinski definition) is 5. The maximum Gasteiger partial charge on any atom is 0.321 e. The summed E-state index contributed by atoms with van der Waals surface area (Å²) < 4.78 is 28.3. The number of carbonyl (C=O) groups is 2. The molecule has 1 aromatic carbocycles. The summed E-state index contributed by atoms with van der Waals surface area (Å²) in [4.78, 5) is 25.8. The Balaban J connectivity index is 2.19. The second-order valence-electron chi connectivity index (χ2n) is 7.64. The van der Waals surface area contributed by atoms with E-state index in [0.29, 0.717) is 31.1 Å². The summed E-state index contributed by atoms with van der Waals surface area (Å²) in [6.07, 6.45) is 0. The molecule has 162 valence electrons. The summed E-state index contributed by atoms with van der Waals surface area (Å²) in [5, 5.41) is 4.61. The molecule has 0 bridgehead atoms. The van der Waals surface area contributed by atoms with Gasteiger partial charge in [-0.15, -0.1) is 0 Å². The van der Waals surface area contributed by atoms with Gasteiger partial charge in [0.15, 0.2) is 0 Å². The molecule has 1 atom stereocenters. The van der Waals surface area contributed by atoms with Crippen LogP contribution in [0, 0.1) is 34.6 Å². The van der Waals surface area contributed by atoms with Gasteiger partial charge in [0, 0.05) is 33.2 Å². The molecule has 1 heterocycles. The molecule has 2 rings (SSSR count). The first-order valence-electron chi connectivity index (χ1n) is 9.77. The zero-order chi connectivity index (χ0) is 22.1. The predicted octanol–water partition coefficient (Wildman–Crippen LogP) is 1.38. The Bertz CT molecular complexity index is 890. The van der Waals surface area contributed by atoms with Gasteiger partial charge in [-0.05, 0) is 69.4 Å². The van der Waals surface area contributed by atoms with Crippen LogP contribution in [0.25, 0.3) is 0 Å². The van der Waals surface area contributed by atoms with E-state index >= 15 is 0 Å². The largest absolute Gasteiger partial charge is 0.341 e. The van der Waals surface area contributed by atoms with Crippen LogP contribution in [0.3, 0.4) is 0 Å². The molecule has 0 aliphatic carbocycles. The Kier molecular flexibility index (Phi) is 7.08. The Morgan fingerprint density at radius 3 is 1.76 bits per heavy atom. The second-order valence-corrected chi connectivity index (χ2v) is 9.51. The summed E-state index contributed by atoms with van der Waals surface area (Å²) in [7, 11) is -2.20. The van der Waals surface area contributed by atoms with Gasteiger partial charge in [-0.2, -0.15) is 4.31 Å². The summed E-state index contributed by atoms with van der Waals surface area (Å²) >= 11 is 0. The van der Waals surface area contributed by atoms with Crippen LogP contribution >= 0.6 is 0 Å². The number of hydrogen-bond donors (Lipinski definition) is 2. The van der Waals surface area contributed by atoms with Gasteiger partial charge in [0.05, 0.1) is 10.9 Å². The molecule has 9 heteroatoms. The number of nitrogens with zero attached hydrogens (tertiary/aromatic N) is 2. The molecule has 0 radical (unpaired) electrons. The van der Waals surface area contributed by atoms with Gasteiger partial charge in [0.25, 0.3) is 0 Å². The monoisotopic (exact) mass is 424 g/mol. The fourth-order valence-electron chi connectivity index (χ4n) is 3.76. The lowest BCUT2D eigenvalue weighted by molar-refractivity contribution is -0.125. The van der Waals surface area contributed by atoms with Gasteiger partial charge in [-0.25, -0.2) is 13.2 Å². The van der Waals surface area contributed by atoms with Gasteiger partial charge < -0.3 is 5.32 Å². The first-order chi connectivity index (χ1) is 13.4. The van der Waals surface area contributed by atoms with E-state index in [-0.39, 0.29) is 0 Å². The van der Waals surface area contributed by atoms with E-state index in [9.17, 15) is 18.0 Å². The van der Waals surface area contributed by atoms with E-state index in [0.717, 1.165) is 27.8 Å². The quantitative estimate of drug-likeness (QED) is 0.761. The van der Waals surface area contributed by atoms with E-state index in [2.05, 4.69) is 10.6 Å². The molecule has 1 saturated heterocycles. The summed E-state index contributed by atoms with van der Waals surface area (Å²) in [6.45, 7) is 12.8. The molecule has 3 amide bonds. The Morgan fingerprint density at radius 2 is 1.31 bits per heavy atom. The third kappa shape index (κ3) is 4.46. The summed E-state index contributed by atoms with van der Waals surface area (Å²) in [5.74, 6) is -0.405. The van der Waals surface area contributed by atoms with E-state index in [1.807, 2.05) is 39.5 Å². The van der Waals surface area contributed by atoms with Crippen molar-refractivity contribution in [2.45, 2.75) is 52.5 Å². The van der Waals surface area contributed by atoms with Crippen LogP contribution < -0.4 is 10.6 Å². The number of rotatable bonds is 4. The summed E-state index contributed by atoms with van der Waals surface area (Å²) in [5.41, 5.74) is 4.73. The van der Waals surface area contributed by atoms with Crippen molar-refractivity contribution in [1.29, 1.82) is 0 Å². The highest BCUT2D eigenvalue weighted by molar-refractivity contribution is 7.89. The number of urea groups is 1. The van der Waals surface area contributed by atoms with Crippen molar-refractivity contribution in [2.75, 3.05) is 33.2 Å². The van der Waals surface area contributed by atoms with E-state index in [4.69, 9.17) is 0 Å². The Hall–Kier alpha value is -1.97. The standard InChI is InChI=1S/C20H32N4O4S/c1-12-13(2)15(4)18(16(5)14(12)3)29(27,28)24-10-8-23(9-11-24)17(6)19(25)22-20(26)21-7/h17H,8-11H2,1-7H3,(H2,21,22,25,26)/t17-/m0/s1. The molecular formula is C20H32N4O4S. The van der Waals surface area contributed by atoms with Crippen molar-refractivity contribution in [3.63, 3.8) is 0 Å². The Labute approximate surface area is 173 Å². The van der Waals surface area contributed by atoms with Crippen molar-refractivity contribution >= 4 is 22.0 Å². The lowest BCUT2D eigenvalue weighted by atomic mass is 9.95. The molecule has 1 aliphatic heterocycles.